The number of amides is 2. The maximum Gasteiger partial charge on any atom is 0.286 e. The average Bonchev–Trinajstić information content (AvgIpc) is 3.10. The first kappa shape index (κ1) is 24.6. The number of nitrogens with one attached hydrogen (secondary N) is 2. The molecule has 1 aromatic carbocycles. The molecule has 0 saturated carbocycles. The molecule has 2 N–H and O–H groups in total. The molecular weight excluding hydrogens is 465 g/mol. The van der Waals surface area contributed by atoms with E-state index in [1.165, 1.54) is 48.6 Å². The number of halogens is 1. The number of hydrogen-bond acceptors (Lipinski definition) is 8. The van der Waals surface area contributed by atoms with E-state index in [0.717, 1.165) is 6.07 Å². The number of anilines is 2. The summed E-state index contributed by atoms with van der Waals surface area (Å²) in [6, 6.07) is 5.51. The van der Waals surface area contributed by atoms with Crippen molar-refractivity contribution in [1.29, 1.82) is 5.26 Å². The highest BCUT2D eigenvalue weighted by atomic mass is 32.2. The predicted octanol–water partition coefficient (Wildman–Crippen LogP) is 2.20. The third kappa shape index (κ3) is 5.65. The summed E-state index contributed by atoms with van der Waals surface area (Å²) in [4.78, 5) is 28.8. The maximum absolute atomic E-state index is 13.9. The summed E-state index contributed by atoms with van der Waals surface area (Å²) in [7, 11) is -2.66. The molecule has 0 aliphatic carbocycles. The number of carbonyl (C=O) groups excluding carboxylic acids is 2. The average molecular weight is 488 g/mol. The number of fused-ring (bicyclic) bond motifs is 1. The van der Waals surface area contributed by atoms with Gasteiger partial charge in [0.05, 0.1) is 17.3 Å². The van der Waals surface area contributed by atoms with Gasteiger partial charge in [-0.15, -0.1) is 0 Å². The normalized spacial score (nSPS) is 12.0. The minimum Gasteiger partial charge on any atom is -0.479 e. The molecular formula is C21H22FN7O4S. The summed E-state index contributed by atoms with van der Waals surface area (Å²) in [6.07, 6.45) is 4.42. The first-order valence-electron chi connectivity index (χ1n) is 9.92. The lowest BCUT2D eigenvalue weighted by Crippen LogP contribution is -2.36. The standard InChI is InChI=1S/C21H22FN7O4S/c1-12-15(21(31)28-34(3,4)32)10-29-18(12)19(25-11-26-29)27-16-6-5-14(22)9-17(16)33-13(2)20(30)24-8-7-23/h5-6,9-11,13H,8H2,1-4H3,(H,24,30)(H,25,26,27)/t13-/m1/s1. The Morgan fingerprint density at radius 3 is 2.79 bits per heavy atom. The van der Waals surface area contributed by atoms with E-state index in [-0.39, 0.29) is 23.7 Å². The third-order valence-corrected chi connectivity index (χ3v) is 5.18. The summed E-state index contributed by atoms with van der Waals surface area (Å²) in [5.41, 5.74) is 1.44. The van der Waals surface area contributed by atoms with E-state index in [1.807, 2.05) is 0 Å². The zero-order chi connectivity index (χ0) is 25.0. The van der Waals surface area contributed by atoms with Crippen molar-refractivity contribution in [2.24, 2.45) is 4.36 Å². The van der Waals surface area contributed by atoms with Gasteiger partial charge in [-0.05, 0) is 31.5 Å². The Balaban J connectivity index is 1.99. The Kier molecular flexibility index (Phi) is 7.11. The van der Waals surface area contributed by atoms with Crippen molar-refractivity contribution in [1.82, 2.24) is 19.9 Å². The lowest BCUT2D eigenvalue weighted by Gasteiger charge is -2.17. The van der Waals surface area contributed by atoms with Gasteiger partial charge in [0.15, 0.2) is 11.9 Å². The second-order valence-corrected chi connectivity index (χ2v) is 10.1. The molecule has 3 aromatic rings. The lowest BCUT2D eigenvalue weighted by molar-refractivity contribution is -0.126. The van der Waals surface area contributed by atoms with Gasteiger partial charge in [0, 0.05) is 34.5 Å². The highest BCUT2D eigenvalue weighted by Gasteiger charge is 2.21. The van der Waals surface area contributed by atoms with Crippen LogP contribution in [0, 0.1) is 24.1 Å². The molecule has 0 fully saturated rings. The van der Waals surface area contributed by atoms with Crippen molar-refractivity contribution < 1.29 is 22.9 Å². The Labute approximate surface area is 195 Å². The fourth-order valence-corrected chi connectivity index (χ4v) is 3.55. The van der Waals surface area contributed by atoms with Gasteiger partial charge in [-0.25, -0.2) is 18.1 Å². The Hall–Kier alpha value is -4.05. The smallest absolute Gasteiger partial charge is 0.286 e. The van der Waals surface area contributed by atoms with E-state index in [1.54, 1.807) is 13.0 Å². The Bertz CT molecular complexity index is 1430. The van der Waals surface area contributed by atoms with Gasteiger partial charge in [0.2, 0.25) is 0 Å². The Morgan fingerprint density at radius 2 is 2.12 bits per heavy atom. The van der Waals surface area contributed by atoms with Gasteiger partial charge in [0.1, 0.15) is 30.0 Å². The van der Waals surface area contributed by atoms with Crippen LogP contribution in [0.25, 0.3) is 5.52 Å². The molecule has 1 atom stereocenters. The molecule has 11 nitrogen and oxygen atoms in total. The molecule has 2 amide bonds. The molecule has 0 spiro atoms. The fourth-order valence-electron chi connectivity index (χ4n) is 3.06. The minimum atomic E-state index is -2.66. The van der Waals surface area contributed by atoms with Crippen molar-refractivity contribution in [2.75, 3.05) is 24.4 Å². The second-order valence-electron chi connectivity index (χ2n) is 7.55. The molecule has 2 heterocycles. The predicted molar refractivity (Wildman–Crippen MR) is 123 cm³/mol. The van der Waals surface area contributed by atoms with Crippen molar-refractivity contribution >= 4 is 38.6 Å². The van der Waals surface area contributed by atoms with Crippen LogP contribution in [0.15, 0.2) is 35.1 Å². The monoisotopic (exact) mass is 487 g/mol. The van der Waals surface area contributed by atoms with Crippen LogP contribution in [0.1, 0.15) is 22.8 Å². The Morgan fingerprint density at radius 1 is 1.38 bits per heavy atom. The number of nitriles is 1. The van der Waals surface area contributed by atoms with E-state index in [9.17, 15) is 18.2 Å². The van der Waals surface area contributed by atoms with Crippen LogP contribution in [0.5, 0.6) is 5.75 Å². The van der Waals surface area contributed by atoms with Crippen LogP contribution in [0.2, 0.25) is 0 Å². The summed E-state index contributed by atoms with van der Waals surface area (Å²) >= 11 is 0. The molecule has 3 rings (SSSR count). The van der Waals surface area contributed by atoms with Crippen molar-refractivity contribution in [3.05, 3.63) is 47.7 Å². The van der Waals surface area contributed by atoms with Gasteiger partial charge in [-0.1, -0.05) is 0 Å². The zero-order valence-corrected chi connectivity index (χ0v) is 19.6. The second kappa shape index (κ2) is 9.84. The van der Waals surface area contributed by atoms with Crippen molar-refractivity contribution in [2.45, 2.75) is 20.0 Å². The van der Waals surface area contributed by atoms with Crippen molar-refractivity contribution in [3.63, 3.8) is 0 Å². The molecule has 0 radical (unpaired) electrons. The summed E-state index contributed by atoms with van der Waals surface area (Å²) < 4.78 is 36.6. The van der Waals surface area contributed by atoms with Crippen LogP contribution in [-0.4, -0.2) is 55.8 Å². The lowest BCUT2D eigenvalue weighted by atomic mass is 10.2. The molecule has 0 aliphatic heterocycles. The number of hydrogen-bond donors (Lipinski definition) is 2. The van der Waals surface area contributed by atoms with E-state index in [4.69, 9.17) is 10.00 Å². The van der Waals surface area contributed by atoms with E-state index >= 15 is 0 Å². The first-order chi connectivity index (χ1) is 16.0. The van der Waals surface area contributed by atoms with Crippen LogP contribution in [0.4, 0.5) is 15.9 Å². The fraction of sp³-hybridized carbons (Fsp3) is 0.286. The molecule has 178 valence electrons. The number of benzene rings is 1. The number of nitrogens with zero attached hydrogens (tertiary/aromatic N) is 5. The summed E-state index contributed by atoms with van der Waals surface area (Å²) in [6.45, 7) is 2.94. The minimum absolute atomic E-state index is 0.0311. The molecule has 0 bridgehead atoms. The van der Waals surface area contributed by atoms with Gasteiger partial charge in [-0.3, -0.25) is 9.59 Å². The van der Waals surface area contributed by atoms with E-state index in [2.05, 4.69) is 25.1 Å². The largest absolute Gasteiger partial charge is 0.479 e. The molecule has 0 aliphatic rings. The van der Waals surface area contributed by atoms with Crippen LogP contribution < -0.4 is 15.4 Å². The number of aromatic nitrogens is 3. The van der Waals surface area contributed by atoms with Gasteiger partial charge < -0.3 is 15.4 Å². The number of rotatable bonds is 7. The molecule has 2 aromatic heterocycles. The third-order valence-electron chi connectivity index (χ3n) is 4.57. The van der Waals surface area contributed by atoms with Crippen molar-refractivity contribution in [3.8, 4) is 11.8 Å². The highest BCUT2D eigenvalue weighted by Crippen LogP contribution is 2.32. The number of aryl methyl sites for hydroxylation is 1. The molecule has 0 unspecified atom stereocenters. The van der Waals surface area contributed by atoms with Gasteiger partial charge in [0.25, 0.3) is 11.8 Å². The highest BCUT2D eigenvalue weighted by molar-refractivity contribution is 7.92. The maximum atomic E-state index is 13.9. The van der Waals surface area contributed by atoms with E-state index in [0.29, 0.717) is 16.8 Å². The molecule has 34 heavy (non-hydrogen) atoms. The summed E-state index contributed by atoms with van der Waals surface area (Å²) in [5, 5.41) is 18.1. The molecule has 0 saturated heterocycles. The van der Waals surface area contributed by atoms with Crippen LogP contribution >= 0.6 is 0 Å². The van der Waals surface area contributed by atoms with Gasteiger partial charge in [-0.2, -0.15) is 14.7 Å². The number of carbonyl (C=O) groups is 2. The first-order valence-corrected chi connectivity index (χ1v) is 12.3. The zero-order valence-electron chi connectivity index (χ0n) is 18.8. The quantitative estimate of drug-likeness (QED) is 0.481. The van der Waals surface area contributed by atoms with Gasteiger partial charge >= 0.3 is 0 Å². The number of ether oxygens (including phenoxy) is 1. The van der Waals surface area contributed by atoms with E-state index < -0.39 is 33.5 Å². The molecule has 13 heteroatoms. The van der Waals surface area contributed by atoms with Crippen LogP contribution in [-0.2, 0) is 14.5 Å². The topological polar surface area (TPSA) is 151 Å². The SMILES string of the molecule is Cc1c(C(=O)N=S(C)(C)=O)cn2ncnc(Nc3ccc(F)cc3O[C@H](C)C(=O)NCC#N)c12. The van der Waals surface area contributed by atoms with Crippen LogP contribution in [0.3, 0.4) is 0 Å². The summed E-state index contributed by atoms with van der Waals surface area (Å²) in [5.74, 6) is -1.47.